The number of anilines is 1. The molecule has 1 unspecified atom stereocenters. The molecule has 0 saturated heterocycles. The molecule has 5 nitrogen and oxygen atoms in total. The number of aromatic nitrogens is 2. The lowest BCUT2D eigenvalue weighted by Gasteiger charge is -2.14. The number of fused-ring (bicyclic) bond motifs is 2. The minimum Gasteiger partial charge on any atom is -0.310 e. The zero-order valence-corrected chi connectivity index (χ0v) is 18.3. The van der Waals surface area contributed by atoms with Crippen LogP contribution >= 0.6 is 0 Å². The Morgan fingerprint density at radius 3 is 2.68 bits per heavy atom. The molecule has 0 saturated carbocycles. The molecule has 1 aliphatic rings. The Hall–Kier alpha value is -3.25. The van der Waals surface area contributed by atoms with E-state index in [-0.39, 0.29) is 12.3 Å². The first-order chi connectivity index (χ1) is 15.0. The Morgan fingerprint density at radius 1 is 1.03 bits per heavy atom. The van der Waals surface area contributed by atoms with Gasteiger partial charge in [0.15, 0.2) is 0 Å². The van der Waals surface area contributed by atoms with Gasteiger partial charge in [0.2, 0.25) is 5.91 Å². The fourth-order valence-corrected chi connectivity index (χ4v) is 5.46. The summed E-state index contributed by atoms with van der Waals surface area (Å²) in [5, 5.41) is 10.0. The summed E-state index contributed by atoms with van der Waals surface area (Å²) < 4.78 is 14.0. The molecular formula is C25H23N3O2S. The van der Waals surface area contributed by atoms with Gasteiger partial charge in [0.25, 0.3) is 0 Å². The third-order valence-corrected chi connectivity index (χ3v) is 7.17. The van der Waals surface area contributed by atoms with Crippen molar-refractivity contribution in [3.63, 3.8) is 0 Å². The third kappa shape index (κ3) is 3.57. The molecular weight excluding hydrogens is 406 g/mol. The van der Waals surface area contributed by atoms with Gasteiger partial charge in [-0.2, -0.15) is 5.10 Å². The molecule has 3 aromatic carbocycles. The van der Waals surface area contributed by atoms with Crippen molar-refractivity contribution in [2.75, 3.05) is 5.32 Å². The number of carbonyl (C=O) groups excluding carboxylic acids is 1. The van der Waals surface area contributed by atoms with E-state index >= 15 is 0 Å². The van der Waals surface area contributed by atoms with Crippen molar-refractivity contribution in [2.45, 2.75) is 31.8 Å². The van der Waals surface area contributed by atoms with Crippen LogP contribution < -0.4 is 5.32 Å². The summed E-state index contributed by atoms with van der Waals surface area (Å²) in [7, 11) is -0.971. The van der Waals surface area contributed by atoms with E-state index in [1.54, 1.807) is 0 Å². The molecule has 0 radical (unpaired) electrons. The average molecular weight is 430 g/mol. The molecule has 4 aromatic rings. The first kappa shape index (κ1) is 19.7. The van der Waals surface area contributed by atoms with Crippen LogP contribution in [0.15, 0.2) is 60.7 Å². The van der Waals surface area contributed by atoms with Crippen LogP contribution in [0.5, 0.6) is 0 Å². The molecule has 0 bridgehead atoms. The Bertz CT molecular complexity index is 1350. The predicted molar refractivity (Wildman–Crippen MR) is 125 cm³/mol. The molecule has 31 heavy (non-hydrogen) atoms. The molecule has 1 atom stereocenters. The summed E-state index contributed by atoms with van der Waals surface area (Å²) in [4.78, 5) is 13.1. The smallest absolute Gasteiger partial charge is 0.229 e. The Morgan fingerprint density at radius 2 is 1.81 bits per heavy atom. The van der Waals surface area contributed by atoms with Gasteiger partial charge in [-0.05, 0) is 47.4 Å². The quantitative estimate of drug-likeness (QED) is 0.516. The maximum Gasteiger partial charge on any atom is 0.229 e. The number of nitrogens with one attached hydrogen (secondary N) is 1. The lowest BCUT2D eigenvalue weighted by Crippen LogP contribution is -2.19. The van der Waals surface area contributed by atoms with Gasteiger partial charge in [0.05, 0.1) is 29.3 Å². The fraction of sp³-hybridized carbons (Fsp3) is 0.200. The number of rotatable bonds is 4. The van der Waals surface area contributed by atoms with Crippen LogP contribution in [0.2, 0.25) is 0 Å². The molecule has 6 heteroatoms. The van der Waals surface area contributed by atoms with E-state index in [2.05, 4.69) is 37.4 Å². The van der Waals surface area contributed by atoms with Crippen LogP contribution in [0.25, 0.3) is 16.5 Å². The van der Waals surface area contributed by atoms with Gasteiger partial charge in [-0.3, -0.25) is 9.00 Å². The predicted octanol–water partition coefficient (Wildman–Crippen LogP) is 4.59. The summed E-state index contributed by atoms with van der Waals surface area (Å²) in [6.07, 6.45) is 0.261. The lowest BCUT2D eigenvalue weighted by atomic mass is 10.0. The van der Waals surface area contributed by atoms with Gasteiger partial charge >= 0.3 is 0 Å². The maximum absolute atomic E-state index is 13.1. The van der Waals surface area contributed by atoms with Crippen molar-refractivity contribution in [2.24, 2.45) is 0 Å². The maximum atomic E-state index is 13.1. The molecule has 2 heterocycles. The standard InChI is InChI=1S/C25H23N3O2S/c1-16-7-5-12-23(17(16)2)28-25(21-14-31(30)15-22(21)27-28)26-24(29)13-19-10-6-9-18-8-3-4-11-20(18)19/h3-12H,13-15H2,1-2H3,(H,26,29). The van der Waals surface area contributed by atoms with Crippen molar-refractivity contribution in [1.29, 1.82) is 0 Å². The normalized spacial score (nSPS) is 15.2. The Balaban J connectivity index is 1.52. The van der Waals surface area contributed by atoms with Crippen LogP contribution in [0.4, 0.5) is 5.82 Å². The van der Waals surface area contributed by atoms with Crippen molar-refractivity contribution < 1.29 is 9.00 Å². The average Bonchev–Trinajstić information content (AvgIpc) is 3.27. The zero-order chi connectivity index (χ0) is 21.5. The number of benzene rings is 3. The van der Waals surface area contributed by atoms with Gasteiger partial charge < -0.3 is 5.32 Å². The van der Waals surface area contributed by atoms with Crippen LogP contribution in [-0.4, -0.2) is 19.9 Å². The van der Waals surface area contributed by atoms with E-state index in [1.807, 2.05) is 47.1 Å². The van der Waals surface area contributed by atoms with E-state index in [9.17, 15) is 9.00 Å². The molecule has 1 aromatic heterocycles. The summed E-state index contributed by atoms with van der Waals surface area (Å²) in [5.41, 5.74) is 5.86. The number of hydrogen-bond acceptors (Lipinski definition) is 3. The second-order valence-corrected chi connectivity index (χ2v) is 9.45. The minimum absolute atomic E-state index is 0.108. The molecule has 0 spiro atoms. The molecule has 5 rings (SSSR count). The zero-order valence-electron chi connectivity index (χ0n) is 17.5. The second kappa shape index (κ2) is 7.78. The summed E-state index contributed by atoms with van der Waals surface area (Å²) >= 11 is 0. The topological polar surface area (TPSA) is 64.0 Å². The molecule has 1 N–H and O–H groups in total. The van der Waals surface area contributed by atoms with Crippen LogP contribution in [0.1, 0.15) is 27.9 Å². The fourth-order valence-electron chi connectivity index (χ4n) is 4.19. The minimum atomic E-state index is -0.971. The van der Waals surface area contributed by atoms with E-state index < -0.39 is 10.8 Å². The highest BCUT2D eigenvalue weighted by Gasteiger charge is 2.28. The third-order valence-electron chi connectivity index (χ3n) is 5.96. The van der Waals surface area contributed by atoms with Crippen LogP contribution in [0.3, 0.4) is 0 Å². The summed E-state index contributed by atoms with van der Waals surface area (Å²) in [6, 6.07) is 20.1. The monoisotopic (exact) mass is 429 g/mol. The number of amides is 1. The van der Waals surface area contributed by atoms with Crippen LogP contribution in [0, 0.1) is 13.8 Å². The highest BCUT2D eigenvalue weighted by atomic mass is 32.2. The number of nitrogens with zero attached hydrogens (tertiary/aromatic N) is 2. The molecule has 1 amide bonds. The van der Waals surface area contributed by atoms with Crippen molar-refractivity contribution in [1.82, 2.24) is 9.78 Å². The van der Waals surface area contributed by atoms with Crippen molar-refractivity contribution >= 4 is 33.3 Å². The highest BCUT2D eigenvalue weighted by molar-refractivity contribution is 7.83. The van der Waals surface area contributed by atoms with Crippen LogP contribution in [-0.2, 0) is 33.5 Å². The molecule has 1 aliphatic heterocycles. The SMILES string of the molecule is Cc1cccc(-n2nc3c(c2NC(=O)Cc2cccc4ccccc24)CS(=O)C3)c1C. The van der Waals surface area contributed by atoms with E-state index in [1.165, 1.54) is 0 Å². The Kier molecular flexibility index (Phi) is 4.94. The van der Waals surface area contributed by atoms with Gasteiger partial charge in [0.1, 0.15) is 5.82 Å². The highest BCUT2D eigenvalue weighted by Crippen LogP contribution is 2.33. The second-order valence-electron chi connectivity index (χ2n) is 8.00. The number of carbonyl (C=O) groups is 1. The van der Waals surface area contributed by atoms with Gasteiger partial charge in [0, 0.05) is 16.4 Å². The van der Waals surface area contributed by atoms with E-state index in [0.29, 0.717) is 17.3 Å². The number of aryl methyl sites for hydroxylation is 1. The van der Waals surface area contributed by atoms with E-state index in [0.717, 1.165) is 44.4 Å². The van der Waals surface area contributed by atoms with Gasteiger partial charge in [-0.25, -0.2) is 4.68 Å². The lowest BCUT2D eigenvalue weighted by molar-refractivity contribution is -0.115. The summed E-state index contributed by atoms with van der Waals surface area (Å²) in [6.45, 7) is 4.11. The first-order valence-electron chi connectivity index (χ1n) is 10.3. The van der Waals surface area contributed by atoms with E-state index in [4.69, 9.17) is 5.10 Å². The molecule has 156 valence electrons. The first-order valence-corrected chi connectivity index (χ1v) is 11.8. The van der Waals surface area contributed by atoms with Crippen molar-refractivity contribution in [3.05, 3.63) is 88.6 Å². The van der Waals surface area contributed by atoms with Gasteiger partial charge in [-0.1, -0.05) is 54.6 Å². The summed E-state index contributed by atoms with van der Waals surface area (Å²) in [5.74, 6) is 1.38. The number of hydrogen-bond donors (Lipinski definition) is 1. The molecule has 0 fully saturated rings. The molecule has 0 aliphatic carbocycles. The Labute approximate surface area is 183 Å². The van der Waals surface area contributed by atoms with Gasteiger partial charge in [-0.15, -0.1) is 0 Å². The van der Waals surface area contributed by atoms with Crippen molar-refractivity contribution in [3.8, 4) is 5.69 Å². The largest absolute Gasteiger partial charge is 0.310 e.